The summed E-state index contributed by atoms with van der Waals surface area (Å²) < 4.78 is 13.0. The van der Waals surface area contributed by atoms with Crippen LogP contribution in [0.3, 0.4) is 0 Å². The smallest absolute Gasteiger partial charge is 0.166 e. The number of ether oxygens (including phenoxy) is 2. The maximum atomic E-state index is 11.3. The molecule has 5 atom stereocenters. The van der Waals surface area contributed by atoms with E-state index in [1.165, 1.54) is 75.5 Å². The number of hydrogen-bond acceptors (Lipinski definition) is 5. The number of methoxy groups -OCH3 is 1. The van der Waals surface area contributed by atoms with Gasteiger partial charge in [-0.2, -0.15) is 0 Å². The normalized spacial score (nSPS) is 30.0. The van der Waals surface area contributed by atoms with Crippen molar-refractivity contribution in [2.45, 2.75) is 114 Å². The first-order chi connectivity index (χ1) is 20.0. The van der Waals surface area contributed by atoms with Crippen molar-refractivity contribution < 1.29 is 14.6 Å². The number of phenolic OH excluding ortho intramolecular Hbond substituents is 1. The summed E-state index contributed by atoms with van der Waals surface area (Å²) in [5, 5.41) is 11.3. The third-order valence-electron chi connectivity index (χ3n) is 11.5. The molecule has 2 aliphatic heterocycles. The Labute approximate surface area is 247 Å². The van der Waals surface area contributed by atoms with Crippen molar-refractivity contribution in [3.63, 3.8) is 0 Å². The summed E-state index contributed by atoms with van der Waals surface area (Å²) in [6.07, 6.45) is 13.8. The fourth-order valence-electron chi connectivity index (χ4n) is 9.43. The Morgan fingerprint density at radius 3 is 2.63 bits per heavy atom. The summed E-state index contributed by atoms with van der Waals surface area (Å²) in [5.41, 5.74) is 3.92. The Kier molecular flexibility index (Phi) is 7.48. The molecule has 1 N–H and O–H groups in total. The number of aryl methyl sites for hydroxylation is 1. The van der Waals surface area contributed by atoms with Crippen LogP contribution in [0.1, 0.15) is 88.3 Å². The van der Waals surface area contributed by atoms with E-state index in [1.807, 2.05) is 6.07 Å². The number of piperidine rings is 1. The number of unbranched alkanes of at least 4 members (excludes halogenated alkanes) is 3. The zero-order chi connectivity index (χ0) is 28.1. The zero-order valence-corrected chi connectivity index (χ0v) is 25.5. The van der Waals surface area contributed by atoms with Gasteiger partial charge >= 0.3 is 0 Å². The molecule has 0 aromatic heterocycles. The van der Waals surface area contributed by atoms with Crippen LogP contribution in [0.15, 0.2) is 36.4 Å². The molecule has 3 aliphatic carbocycles. The van der Waals surface area contributed by atoms with Gasteiger partial charge in [0.1, 0.15) is 11.9 Å². The van der Waals surface area contributed by atoms with E-state index in [1.54, 1.807) is 7.11 Å². The molecule has 2 bridgehead atoms. The van der Waals surface area contributed by atoms with Crippen LogP contribution in [0.25, 0.3) is 0 Å². The van der Waals surface area contributed by atoms with Gasteiger partial charge in [0.05, 0.1) is 7.11 Å². The standard InChI is InChI=1S/C36H50N2O3/c1-24(2)38(19-10-5-4-7-11-25-12-8-6-9-13-25)29-17-16-28-30-21-27-31(39)22-32(40-3)34-33(27)36(28,35(29)41-34)18-20-37(30)23-26-14-15-26/h6,8-9,12-13,22,24,26,28-30,35,39H,4-5,7,10-11,14-21,23H2,1-3H3/t28-,29+,30+,35-,36-/m0/s1. The monoisotopic (exact) mass is 558 g/mol. The van der Waals surface area contributed by atoms with Gasteiger partial charge in [-0.15, -0.1) is 0 Å². The second kappa shape index (κ2) is 11.1. The fourth-order valence-corrected chi connectivity index (χ4v) is 9.43. The molecule has 5 nitrogen and oxygen atoms in total. The van der Waals surface area contributed by atoms with Gasteiger partial charge in [-0.25, -0.2) is 0 Å². The van der Waals surface area contributed by atoms with Crippen molar-refractivity contribution in [1.82, 2.24) is 9.80 Å². The van der Waals surface area contributed by atoms with Crippen LogP contribution in [0.4, 0.5) is 0 Å². The highest BCUT2D eigenvalue weighted by atomic mass is 16.5. The number of benzene rings is 2. The molecular formula is C36H50N2O3. The summed E-state index contributed by atoms with van der Waals surface area (Å²) >= 11 is 0. The van der Waals surface area contributed by atoms with Crippen LogP contribution in [0, 0.1) is 11.8 Å². The zero-order valence-electron chi connectivity index (χ0n) is 25.5. The lowest BCUT2D eigenvalue weighted by atomic mass is 9.50. The maximum absolute atomic E-state index is 11.3. The summed E-state index contributed by atoms with van der Waals surface area (Å²) in [6, 6.07) is 14.1. The first kappa shape index (κ1) is 27.6. The van der Waals surface area contributed by atoms with Crippen LogP contribution in [-0.4, -0.2) is 65.9 Å². The maximum Gasteiger partial charge on any atom is 0.166 e. The molecular weight excluding hydrogens is 508 g/mol. The van der Waals surface area contributed by atoms with Gasteiger partial charge in [-0.05, 0) is 102 Å². The number of rotatable bonds is 12. The van der Waals surface area contributed by atoms with Gasteiger partial charge in [0.2, 0.25) is 0 Å². The summed E-state index contributed by atoms with van der Waals surface area (Å²) in [7, 11) is 1.72. The van der Waals surface area contributed by atoms with Crippen LogP contribution >= 0.6 is 0 Å². The Balaban J connectivity index is 1.12. The molecule has 222 valence electrons. The average molecular weight is 559 g/mol. The molecule has 41 heavy (non-hydrogen) atoms. The van der Waals surface area contributed by atoms with E-state index in [0.29, 0.717) is 29.8 Å². The molecule has 1 saturated heterocycles. The van der Waals surface area contributed by atoms with Crippen LogP contribution in [0.2, 0.25) is 0 Å². The molecule has 7 rings (SSSR count). The second-order valence-electron chi connectivity index (χ2n) is 14.1. The van der Waals surface area contributed by atoms with Crippen molar-refractivity contribution in [3.8, 4) is 17.2 Å². The highest BCUT2D eigenvalue weighted by Crippen LogP contribution is 2.66. The van der Waals surface area contributed by atoms with Crippen molar-refractivity contribution in [1.29, 1.82) is 0 Å². The van der Waals surface area contributed by atoms with Gasteiger partial charge in [0.25, 0.3) is 0 Å². The number of aromatic hydroxyl groups is 1. The number of hydrogen-bond donors (Lipinski definition) is 1. The van der Waals surface area contributed by atoms with E-state index in [-0.39, 0.29) is 11.5 Å². The first-order valence-electron chi connectivity index (χ1n) is 16.6. The summed E-state index contributed by atoms with van der Waals surface area (Å²) in [5.74, 6) is 3.57. The highest BCUT2D eigenvalue weighted by Gasteiger charge is 2.67. The third-order valence-corrected chi connectivity index (χ3v) is 11.5. The molecule has 1 spiro atoms. The molecule has 5 aliphatic rings. The van der Waals surface area contributed by atoms with E-state index in [9.17, 15) is 5.11 Å². The van der Waals surface area contributed by atoms with E-state index >= 15 is 0 Å². The summed E-state index contributed by atoms with van der Waals surface area (Å²) in [6.45, 7) is 8.29. The topological polar surface area (TPSA) is 45.2 Å². The minimum atomic E-state index is -0.00854. The Hall–Kier alpha value is -2.24. The SMILES string of the molecule is COc1cc(O)c2c3c1O[C@H]1[C@H](N(CCCCCCc4ccccc4)C(C)C)CC[C@H]4[C@@H](C2)N(CC2CC2)CC[C@@]341. The van der Waals surface area contributed by atoms with Crippen LogP contribution in [0.5, 0.6) is 17.2 Å². The molecule has 0 radical (unpaired) electrons. The molecule has 0 amide bonds. The second-order valence-corrected chi connectivity index (χ2v) is 14.1. The quantitative estimate of drug-likeness (QED) is 0.293. The van der Waals surface area contributed by atoms with Gasteiger partial charge in [0, 0.05) is 47.3 Å². The lowest BCUT2D eigenvalue weighted by Crippen LogP contribution is -2.69. The molecule has 3 fully saturated rings. The molecule has 2 saturated carbocycles. The van der Waals surface area contributed by atoms with E-state index < -0.39 is 0 Å². The molecule has 2 aromatic carbocycles. The lowest BCUT2D eigenvalue weighted by Gasteiger charge is -2.61. The highest BCUT2D eigenvalue weighted by molar-refractivity contribution is 5.65. The first-order valence-corrected chi connectivity index (χ1v) is 16.6. The Morgan fingerprint density at radius 1 is 1.07 bits per heavy atom. The molecule has 2 heterocycles. The van der Waals surface area contributed by atoms with E-state index in [4.69, 9.17) is 9.47 Å². The Bertz CT molecular complexity index is 1230. The molecule has 0 unspecified atom stereocenters. The predicted molar refractivity (Wildman–Crippen MR) is 164 cm³/mol. The minimum absolute atomic E-state index is 0.00854. The average Bonchev–Trinajstić information content (AvgIpc) is 3.73. The summed E-state index contributed by atoms with van der Waals surface area (Å²) in [4.78, 5) is 5.59. The van der Waals surface area contributed by atoms with E-state index in [2.05, 4.69) is 54.0 Å². The predicted octanol–water partition coefficient (Wildman–Crippen LogP) is 6.73. The van der Waals surface area contributed by atoms with Gasteiger partial charge in [-0.1, -0.05) is 43.2 Å². The van der Waals surface area contributed by atoms with Crippen LogP contribution in [-0.2, 0) is 18.3 Å². The number of nitrogens with zero attached hydrogens (tertiary/aromatic N) is 2. The molecule has 5 heteroatoms. The van der Waals surface area contributed by atoms with Gasteiger partial charge in [-0.3, -0.25) is 9.80 Å². The molecule has 2 aromatic rings. The Morgan fingerprint density at radius 2 is 1.88 bits per heavy atom. The van der Waals surface area contributed by atoms with E-state index in [0.717, 1.165) is 48.9 Å². The van der Waals surface area contributed by atoms with Gasteiger partial charge < -0.3 is 14.6 Å². The fraction of sp³-hybridized carbons (Fsp3) is 0.667. The van der Waals surface area contributed by atoms with Crippen molar-refractivity contribution >= 4 is 0 Å². The lowest BCUT2D eigenvalue weighted by molar-refractivity contribution is -0.0944. The largest absolute Gasteiger partial charge is 0.508 e. The minimum Gasteiger partial charge on any atom is -0.508 e. The van der Waals surface area contributed by atoms with Crippen LogP contribution < -0.4 is 9.47 Å². The van der Waals surface area contributed by atoms with Crippen molar-refractivity contribution in [3.05, 3.63) is 53.1 Å². The van der Waals surface area contributed by atoms with Crippen molar-refractivity contribution in [2.24, 2.45) is 11.8 Å². The third kappa shape index (κ3) is 4.76. The number of likely N-dealkylation sites (tertiary alicyclic amines) is 1. The van der Waals surface area contributed by atoms with Crippen molar-refractivity contribution in [2.75, 3.05) is 26.7 Å². The van der Waals surface area contributed by atoms with Gasteiger partial charge in [0.15, 0.2) is 11.5 Å². The number of phenols is 1.